The third-order valence-corrected chi connectivity index (χ3v) is 6.53. The number of carbonyl (C=O) groups is 1. The van der Waals surface area contributed by atoms with Crippen LogP contribution in [0.2, 0.25) is 0 Å². The molecule has 0 radical (unpaired) electrons. The number of hydrogen-bond acceptors (Lipinski definition) is 8. The normalized spacial score (nSPS) is 24.1. The van der Waals surface area contributed by atoms with Crippen molar-refractivity contribution in [2.45, 2.75) is 75.8 Å². The fourth-order valence-electron chi connectivity index (χ4n) is 4.34. The molecule has 216 valence electrons. The number of ether oxygens (including phenoxy) is 1. The van der Waals surface area contributed by atoms with Crippen molar-refractivity contribution < 1.29 is 45.9 Å². The minimum atomic E-state index is -4.26. The van der Waals surface area contributed by atoms with E-state index in [4.69, 9.17) is 21.3 Å². The monoisotopic (exact) mass is 559 g/mol. The molecule has 1 aromatic heterocycles. The lowest BCUT2D eigenvalue weighted by molar-refractivity contribution is -0.384. The minimum absolute atomic E-state index is 0.00593. The summed E-state index contributed by atoms with van der Waals surface area (Å²) in [6, 6.07) is 0.387. The highest BCUT2D eigenvalue weighted by atomic mass is 19.4. The van der Waals surface area contributed by atoms with Crippen LogP contribution in [-0.4, -0.2) is 58.6 Å². The Labute approximate surface area is 214 Å². The van der Waals surface area contributed by atoms with Crippen molar-refractivity contribution in [3.05, 3.63) is 21.7 Å². The minimum Gasteiger partial charge on any atom is -0.475 e. The number of carbonyl (C=O) groups excluding carboxylic acids is 1. The Balaban J connectivity index is 0.000000384. The molecule has 1 heterocycles. The van der Waals surface area contributed by atoms with Gasteiger partial charge < -0.3 is 26.6 Å². The van der Waals surface area contributed by atoms with Crippen molar-refractivity contribution in [1.82, 2.24) is 10.3 Å². The molecule has 10 nitrogen and oxygen atoms in total. The highest BCUT2D eigenvalue weighted by Gasteiger charge is 2.42. The molecule has 0 spiro atoms. The molecular weight excluding hydrogens is 528 g/mol. The molecule has 2 fully saturated rings. The summed E-state index contributed by atoms with van der Waals surface area (Å²) >= 11 is 0. The molecule has 1 aromatic rings. The molecule has 0 bridgehead atoms. The van der Waals surface area contributed by atoms with Crippen LogP contribution >= 0.6 is 0 Å². The SMILES string of the molecule is NC1CCC(C(F)(F)F)CC1.Nc1nc(OCCO)c(C(=O)NC2CCC(C(F)(F)F)CC2)cc1[N+](=O)[O-]. The molecule has 0 unspecified atom stereocenters. The van der Waals surface area contributed by atoms with Gasteiger partial charge in [-0.25, -0.2) is 0 Å². The third kappa shape index (κ3) is 9.15. The highest BCUT2D eigenvalue weighted by molar-refractivity contribution is 5.97. The fraction of sp³-hybridized carbons (Fsp3) is 0.727. The van der Waals surface area contributed by atoms with Gasteiger partial charge in [0.25, 0.3) is 5.91 Å². The summed E-state index contributed by atoms with van der Waals surface area (Å²) in [5.41, 5.74) is 10.1. The molecular formula is C22H31F6N5O5. The summed E-state index contributed by atoms with van der Waals surface area (Å²) in [4.78, 5) is 26.4. The van der Waals surface area contributed by atoms with Crippen molar-refractivity contribution in [3.8, 4) is 5.88 Å². The predicted molar refractivity (Wildman–Crippen MR) is 123 cm³/mol. The summed E-state index contributed by atoms with van der Waals surface area (Å²) in [5, 5.41) is 22.4. The first kappa shape index (κ1) is 31.3. The molecule has 0 aliphatic heterocycles. The van der Waals surface area contributed by atoms with Crippen LogP contribution in [0.15, 0.2) is 6.07 Å². The fourth-order valence-corrected chi connectivity index (χ4v) is 4.34. The highest BCUT2D eigenvalue weighted by Crippen LogP contribution is 2.38. The molecule has 2 saturated carbocycles. The number of hydrogen-bond donors (Lipinski definition) is 4. The van der Waals surface area contributed by atoms with Crippen molar-refractivity contribution in [2.24, 2.45) is 17.6 Å². The first-order chi connectivity index (χ1) is 17.6. The Morgan fingerprint density at radius 2 is 1.55 bits per heavy atom. The van der Waals surface area contributed by atoms with Crippen LogP contribution in [0.25, 0.3) is 0 Å². The van der Waals surface area contributed by atoms with Gasteiger partial charge in [0.2, 0.25) is 11.7 Å². The molecule has 0 aromatic carbocycles. The smallest absolute Gasteiger partial charge is 0.391 e. The van der Waals surface area contributed by atoms with E-state index in [9.17, 15) is 41.3 Å². The summed E-state index contributed by atoms with van der Waals surface area (Å²) < 4.78 is 79.3. The van der Waals surface area contributed by atoms with Crippen molar-refractivity contribution in [1.29, 1.82) is 0 Å². The van der Waals surface area contributed by atoms with Gasteiger partial charge in [-0.15, -0.1) is 0 Å². The van der Waals surface area contributed by atoms with Crippen molar-refractivity contribution >= 4 is 17.4 Å². The van der Waals surface area contributed by atoms with Crippen LogP contribution in [0.5, 0.6) is 5.88 Å². The number of rotatable bonds is 6. The van der Waals surface area contributed by atoms with Gasteiger partial charge in [-0.1, -0.05) is 0 Å². The van der Waals surface area contributed by atoms with E-state index in [-0.39, 0.29) is 69.2 Å². The number of pyridine rings is 1. The molecule has 0 atom stereocenters. The number of nitro groups is 1. The van der Waals surface area contributed by atoms with Gasteiger partial charge in [0.05, 0.1) is 23.4 Å². The molecule has 0 saturated heterocycles. The number of aliphatic hydroxyl groups is 1. The number of halogens is 6. The Bertz CT molecular complexity index is 946. The molecule has 2 aliphatic carbocycles. The number of anilines is 1. The lowest BCUT2D eigenvalue weighted by Crippen LogP contribution is -2.40. The lowest BCUT2D eigenvalue weighted by atomic mass is 9.85. The van der Waals surface area contributed by atoms with E-state index in [0.717, 1.165) is 6.07 Å². The van der Waals surface area contributed by atoms with Gasteiger partial charge in [0.1, 0.15) is 12.2 Å². The number of amides is 1. The number of alkyl halides is 6. The number of nitrogens with two attached hydrogens (primary N) is 2. The van der Waals surface area contributed by atoms with Gasteiger partial charge in [-0.2, -0.15) is 31.3 Å². The van der Waals surface area contributed by atoms with Gasteiger partial charge >= 0.3 is 18.0 Å². The van der Waals surface area contributed by atoms with Crippen LogP contribution < -0.4 is 21.5 Å². The Morgan fingerprint density at radius 1 is 1.05 bits per heavy atom. The largest absolute Gasteiger partial charge is 0.475 e. The molecule has 38 heavy (non-hydrogen) atoms. The zero-order chi connectivity index (χ0) is 28.7. The van der Waals surface area contributed by atoms with Gasteiger partial charge in [-0.3, -0.25) is 14.9 Å². The van der Waals surface area contributed by atoms with Crippen LogP contribution in [0.3, 0.4) is 0 Å². The Morgan fingerprint density at radius 3 is 2.00 bits per heavy atom. The average molecular weight is 560 g/mol. The number of nitrogens with one attached hydrogen (secondary N) is 1. The first-order valence-electron chi connectivity index (χ1n) is 12.0. The molecule has 2 aliphatic rings. The van der Waals surface area contributed by atoms with Crippen LogP contribution in [-0.2, 0) is 0 Å². The summed E-state index contributed by atoms with van der Waals surface area (Å²) in [5.74, 6) is -4.02. The van der Waals surface area contributed by atoms with E-state index < -0.39 is 52.6 Å². The van der Waals surface area contributed by atoms with Crippen molar-refractivity contribution in [2.75, 3.05) is 18.9 Å². The zero-order valence-corrected chi connectivity index (χ0v) is 20.4. The second-order valence-electron chi connectivity index (χ2n) is 9.29. The Kier molecular flexibility index (Phi) is 10.9. The lowest BCUT2D eigenvalue weighted by Gasteiger charge is -2.30. The number of nitrogens with zero attached hydrogens (tertiary/aromatic N) is 2. The van der Waals surface area contributed by atoms with Gasteiger partial charge in [0.15, 0.2) is 0 Å². The molecule has 3 rings (SSSR count). The summed E-state index contributed by atoms with van der Waals surface area (Å²) in [6.07, 6.45) is -6.75. The average Bonchev–Trinajstić information content (AvgIpc) is 2.82. The standard InChI is InChI=1S/C15H19F3N4O5.C7H12F3N/c16-15(17,18)8-1-3-9(4-2-8)20-13(24)10-7-11(22(25)26)12(19)21-14(10)27-6-5-23;8-7(9,10)5-1-3-6(11)4-2-5/h7-9,23H,1-6H2,(H2,19,21)(H,20,24);5-6H,1-4,11H2. The summed E-state index contributed by atoms with van der Waals surface area (Å²) in [6.45, 7) is -0.609. The van der Waals surface area contributed by atoms with E-state index in [0.29, 0.717) is 12.8 Å². The van der Waals surface area contributed by atoms with Gasteiger partial charge in [0, 0.05) is 18.2 Å². The second-order valence-corrected chi connectivity index (χ2v) is 9.29. The predicted octanol–water partition coefficient (Wildman–Crippen LogP) is 3.86. The number of nitrogen functional groups attached to an aromatic ring is 1. The van der Waals surface area contributed by atoms with Crippen LogP contribution in [0.1, 0.15) is 61.7 Å². The van der Waals surface area contributed by atoms with Crippen LogP contribution in [0.4, 0.5) is 37.8 Å². The maximum atomic E-state index is 12.7. The quantitative estimate of drug-likeness (QED) is 0.232. The van der Waals surface area contributed by atoms with Crippen molar-refractivity contribution in [3.63, 3.8) is 0 Å². The van der Waals surface area contributed by atoms with E-state index >= 15 is 0 Å². The maximum absolute atomic E-state index is 12.7. The van der Waals surface area contributed by atoms with Gasteiger partial charge in [-0.05, 0) is 51.4 Å². The number of aromatic nitrogens is 1. The third-order valence-electron chi connectivity index (χ3n) is 6.53. The van der Waals surface area contributed by atoms with Crippen LogP contribution in [0, 0.1) is 22.0 Å². The number of aliphatic hydroxyl groups excluding tert-OH is 1. The molecule has 16 heteroatoms. The maximum Gasteiger partial charge on any atom is 0.391 e. The zero-order valence-electron chi connectivity index (χ0n) is 20.4. The Hall–Kier alpha value is -2.88. The van der Waals surface area contributed by atoms with E-state index in [1.165, 1.54) is 0 Å². The second kappa shape index (κ2) is 13.3. The summed E-state index contributed by atoms with van der Waals surface area (Å²) in [7, 11) is 0. The topological polar surface area (TPSA) is 167 Å². The van der Waals surface area contributed by atoms with E-state index in [1.54, 1.807) is 0 Å². The molecule has 1 amide bonds. The van der Waals surface area contributed by atoms with E-state index in [1.807, 2.05) is 0 Å². The van der Waals surface area contributed by atoms with E-state index in [2.05, 4.69) is 10.3 Å². The first-order valence-corrected chi connectivity index (χ1v) is 12.0. The molecule has 6 N–H and O–H groups in total.